The zero-order chi connectivity index (χ0) is 21.5. The van der Waals surface area contributed by atoms with Crippen molar-refractivity contribution in [1.29, 1.82) is 0 Å². The van der Waals surface area contributed by atoms with Gasteiger partial charge >= 0.3 is 0 Å². The number of hydrogen-bond donors (Lipinski definition) is 2. The second-order valence-electron chi connectivity index (χ2n) is 6.89. The van der Waals surface area contributed by atoms with Crippen LogP contribution < -0.4 is 10.9 Å². The van der Waals surface area contributed by atoms with E-state index in [2.05, 4.69) is 10.3 Å². The van der Waals surface area contributed by atoms with E-state index in [1.54, 1.807) is 0 Å². The van der Waals surface area contributed by atoms with Gasteiger partial charge in [0.15, 0.2) is 11.6 Å². The summed E-state index contributed by atoms with van der Waals surface area (Å²) in [5, 5.41) is 2.45. The van der Waals surface area contributed by atoms with Crippen molar-refractivity contribution in [2.45, 2.75) is 32.7 Å². The SMILES string of the molecule is Cc1c([C@@H](C)C(=O)N[C@@H](C)c2ccc(F)cc2F)c(=O)[nH]c2ccc(F)c(F)c12. The van der Waals surface area contributed by atoms with E-state index < -0.39 is 46.7 Å². The van der Waals surface area contributed by atoms with Crippen LogP contribution in [-0.4, -0.2) is 10.9 Å². The first-order valence-corrected chi connectivity index (χ1v) is 8.87. The summed E-state index contributed by atoms with van der Waals surface area (Å²) in [6.07, 6.45) is 0. The third-order valence-electron chi connectivity index (χ3n) is 4.98. The molecular formula is C21H18F4N2O2. The predicted octanol–water partition coefficient (Wildman–Crippen LogP) is 4.37. The van der Waals surface area contributed by atoms with Gasteiger partial charge in [0.25, 0.3) is 5.56 Å². The number of pyridine rings is 1. The van der Waals surface area contributed by atoms with Crippen LogP contribution in [0.2, 0.25) is 0 Å². The lowest BCUT2D eigenvalue weighted by Gasteiger charge is -2.20. The summed E-state index contributed by atoms with van der Waals surface area (Å²) in [4.78, 5) is 27.6. The zero-order valence-electron chi connectivity index (χ0n) is 15.9. The number of hydrogen-bond acceptors (Lipinski definition) is 2. The molecule has 0 aliphatic rings. The summed E-state index contributed by atoms with van der Waals surface area (Å²) < 4.78 is 54.9. The van der Waals surface area contributed by atoms with E-state index >= 15 is 0 Å². The topological polar surface area (TPSA) is 62.0 Å². The van der Waals surface area contributed by atoms with Crippen molar-refractivity contribution < 1.29 is 22.4 Å². The summed E-state index contributed by atoms with van der Waals surface area (Å²) in [6, 6.07) is 4.33. The van der Waals surface area contributed by atoms with Gasteiger partial charge in [-0.1, -0.05) is 6.07 Å². The van der Waals surface area contributed by atoms with E-state index in [0.717, 1.165) is 12.1 Å². The van der Waals surface area contributed by atoms with Gasteiger partial charge < -0.3 is 10.3 Å². The lowest BCUT2D eigenvalue weighted by Crippen LogP contribution is -2.34. The number of rotatable bonds is 4. The molecule has 0 saturated heterocycles. The highest BCUT2D eigenvalue weighted by atomic mass is 19.2. The number of H-pyrrole nitrogens is 1. The fourth-order valence-corrected chi connectivity index (χ4v) is 3.44. The van der Waals surface area contributed by atoms with Crippen LogP contribution >= 0.6 is 0 Å². The molecule has 0 unspecified atom stereocenters. The molecule has 3 aromatic rings. The summed E-state index contributed by atoms with van der Waals surface area (Å²) in [5.41, 5.74) is -0.298. The lowest BCUT2D eigenvalue weighted by molar-refractivity contribution is -0.122. The first kappa shape index (κ1) is 20.6. The Morgan fingerprint density at radius 1 is 1.03 bits per heavy atom. The van der Waals surface area contributed by atoms with Gasteiger partial charge in [0.05, 0.1) is 17.5 Å². The van der Waals surface area contributed by atoms with Crippen molar-refractivity contribution in [2.75, 3.05) is 0 Å². The molecule has 4 nitrogen and oxygen atoms in total. The summed E-state index contributed by atoms with van der Waals surface area (Å²) in [6.45, 7) is 4.37. The molecule has 3 rings (SSSR count). The monoisotopic (exact) mass is 406 g/mol. The first-order chi connectivity index (χ1) is 13.6. The Kier molecular flexibility index (Phi) is 5.46. The zero-order valence-corrected chi connectivity index (χ0v) is 15.9. The fraction of sp³-hybridized carbons (Fsp3) is 0.238. The highest BCUT2D eigenvalue weighted by Gasteiger charge is 2.25. The van der Waals surface area contributed by atoms with Crippen molar-refractivity contribution in [1.82, 2.24) is 10.3 Å². The van der Waals surface area contributed by atoms with Crippen LogP contribution in [0, 0.1) is 30.2 Å². The lowest BCUT2D eigenvalue weighted by atomic mass is 9.93. The average Bonchev–Trinajstić information content (AvgIpc) is 2.64. The van der Waals surface area contributed by atoms with Gasteiger partial charge in [-0.15, -0.1) is 0 Å². The largest absolute Gasteiger partial charge is 0.349 e. The standard InChI is InChI=1S/C21H18F4N2O2/c1-9-17(21(29)27-16-7-6-14(23)19(25)18(9)16)10(2)20(28)26-11(3)13-5-4-12(22)8-15(13)24/h4-8,10-11H,1-3H3,(H,26,28)(H,27,29)/t10-,11+/m1/s1. The average molecular weight is 406 g/mol. The fourth-order valence-electron chi connectivity index (χ4n) is 3.44. The first-order valence-electron chi connectivity index (χ1n) is 8.87. The van der Waals surface area contributed by atoms with E-state index in [-0.39, 0.29) is 27.6 Å². The molecule has 2 N–H and O–H groups in total. The Labute approximate surface area is 163 Å². The molecule has 0 aliphatic carbocycles. The number of nitrogens with one attached hydrogen (secondary N) is 2. The number of benzene rings is 2. The molecule has 0 saturated carbocycles. The van der Waals surface area contributed by atoms with Crippen LogP contribution in [-0.2, 0) is 4.79 Å². The molecule has 0 aliphatic heterocycles. The molecule has 2 aromatic carbocycles. The molecule has 29 heavy (non-hydrogen) atoms. The number of amides is 1. The Morgan fingerprint density at radius 2 is 1.72 bits per heavy atom. The number of carbonyl (C=O) groups is 1. The molecule has 8 heteroatoms. The number of fused-ring (bicyclic) bond motifs is 1. The van der Waals surface area contributed by atoms with Crippen LogP contribution in [0.4, 0.5) is 17.6 Å². The Morgan fingerprint density at radius 3 is 2.38 bits per heavy atom. The van der Waals surface area contributed by atoms with Gasteiger partial charge in [0.1, 0.15) is 11.6 Å². The summed E-state index contributed by atoms with van der Waals surface area (Å²) >= 11 is 0. The maximum Gasteiger partial charge on any atom is 0.252 e. The highest BCUT2D eigenvalue weighted by molar-refractivity contribution is 5.88. The number of carbonyl (C=O) groups excluding carboxylic acids is 1. The van der Waals surface area contributed by atoms with Crippen molar-refractivity contribution in [3.05, 3.63) is 80.6 Å². The van der Waals surface area contributed by atoms with Crippen molar-refractivity contribution in [2.24, 2.45) is 0 Å². The quantitative estimate of drug-likeness (QED) is 0.632. The molecule has 0 radical (unpaired) electrons. The van der Waals surface area contributed by atoms with Gasteiger partial charge in [-0.2, -0.15) is 0 Å². The minimum Gasteiger partial charge on any atom is -0.349 e. The van der Waals surface area contributed by atoms with Crippen LogP contribution in [0.25, 0.3) is 10.9 Å². The normalized spacial score (nSPS) is 13.3. The molecule has 2 atom stereocenters. The third kappa shape index (κ3) is 3.74. The maximum absolute atomic E-state index is 14.3. The third-order valence-corrected chi connectivity index (χ3v) is 4.98. The Balaban J connectivity index is 1.96. The summed E-state index contributed by atoms with van der Waals surface area (Å²) in [5.74, 6) is -5.40. The van der Waals surface area contributed by atoms with Crippen LogP contribution in [0.5, 0.6) is 0 Å². The van der Waals surface area contributed by atoms with Gasteiger partial charge in [-0.3, -0.25) is 9.59 Å². The second kappa shape index (κ2) is 7.69. The van der Waals surface area contributed by atoms with Crippen LogP contribution in [0.15, 0.2) is 35.1 Å². The van der Waals surface area contributed by atoms with Crippen molar-refractivity contribution >= 4 is 16.8 Å². The van der Waals surface area contributed by atoms with Crippen LogP contribution in [0.1, 0.15) is 42.5 Å². The highest BCUT2D eigenvalue weighted by Crippen LogP contribution is 2.27. The van der Waals surface area contributed by atoms with Crippen molar-refractivity contribution in [3.8, 4) is 0 Å². The van der Waals surface area contributed by atoms with Gasteiger partial charge in [-0.25, -0.2) is 17.6 Å². The Hall–Kier alpha value is -3.16. The van der Waals surface area contributed by atoms with E-state index in [9.17, 15) is 27.2 Å². The van der Waals surface area contributed by atoms with Gasteiger partial charge in [-0.05, 0) is 44.5 Å². The molecular weight excluding hydrogens is 388 g/mol. The maximum atomic E-state index is 14.3. The van der Waals surface area contributed by atoms with E-state index in [1.165, 1.54) is 32.9 Å². The second-order valence-corrected chi connectivity index (χ2v) is 6.89. The van der Waals surface area contributed by atoms with E-state index in [4.69, 9.17) is 0 Å². The molecule has 152 valence electrons. The predicted molar refractivity (Wildman–Crippen MR) is 101 cm³/mol. The minimum absolute atomic E-state index is 0.0220. The smallest absolute Gasteiger partial charge is 0.252 e. The molecule has 0 bridgehead atoms. The number of halogens is 4. The molecule has 0 spiro atoms. The van der Waals surface area contributed by atoms with Crippen molar-refractivity contribution in [3.63, 3.8) is 0 Å². The molecule has 0 fully saturated rings. The van der Waals surface area contributed by atoms with E-state index in [1.807, 2.05) is 0 Å². The molecule has 1 amide bonds. The number of aromatic nitrogens is 1. The van der Waals surface area contributed by atoms with Gasteiger partial charge in [0, 0.05) is 22.6 Å². The minimum atomic E-state index is -1.12. The Bertz CT molecular complexity index is 1170. The molecule has 1 heterocycles. The van der Waals surface area contributed by atoms with Gasteiger partial charge in [0.2, 0.25) is 5.91 Å². The van der Waals surface area contributed by atoms with Crippen LogP contribution in [0.3, 0.4) is 0 Å². The summed E-state index contributed by atoms with van der Waals surface area (Å²) in [7, 11) is 0. The number of aromatic amines is 1. The number of aryl methyl sites for hydroxylation is 1. The molecule has 1 aromatic heterocycles. The van der Waals surface area contributed by atoms with E-state index in [0.29, 0.717) is 6.07 Å².